The molecule has 0 spiro atoms. The van der Waals surface area contributed by atoms with Crippen molar-refractivity contribution in [1.82, 2.24) is 4.90 Å². The fourth-order valence-corrected chi connectivity index (χ4v) is 8.44. The molecule has 0 aromatic heterocycles. The lowest BCUT2D eigenvalue weighted by atomic mass is 9.74. The van der Waals surface area contributed by atoms with Crippen LogP contribution in [0.3, 0.4) is 0 Å². The minimum Gasteiger partial charge on any atom is -0.459 e. The molecule has 0 saturated carbocycles. The number of carbonyl (C=O) groups is 2. The third-order valence-electron chi connectivity index (χ3n) is 11.7. The summed E-state index contributed by atoms with van der Waals surface area (Å²) in [6.07, 6.45) is -8.84. The summed E-state index contributed by atoms with van der Waals surface area (Å²) in [5.74, 6) is -4.83. The highest BCUT2D eigenvalue weighted by molar-refractivity contribution is 5.83. The third-order valence-corrected chi connectivity index (χ3v) is 11.7. The van der Waals surface area contributed by atoms with Crippen LogP contribution in [0.1, 0.15) is 102 Å². The Kier molecular flexibility index (Phi) is 14.2. The minimum absolute atomic E-state index is 0.117. The van der Waals surface area contributed by atoms with E-state index in [4.69, 9.17) is 23.7 Å². The molecule has 292 valence electrons. The first-order valence-corrected chi connectivity index (χ1v) is 18.4. The summed E-state index contributed by atoms with van der Waals surface area (Å²) in [5.41, 5.74) is -4.34. The lowest BCUT2D eigenvalue weighted by molar-refractivity contribution is -0.312. The number of aliphatic hydroxyl groups is 5. The molecular formula is C37H67NO12. The second-order valence-electron chi connectivity index (χ2n) is 16.9. The van der Waals surface area contributed by atoms with Crippen molar-refractivity contribution >= 4 is 11.8 Å². The summed E-state index contributed by atoms with van der Waals surface area (Å²) in [6, 6.07) is -0.309. The molecule has 3 saturated heterocycles. The number of ketones is 1. The molecule has 3 heterocycles. The van der Waals surface area contributed by atoms with Crippen LogP contribution in [0.2, 0.25) is 0 Å². The third kappa shape index (κ3) is 9.26. The molecule has 0 aromatic carbocycles. The molecule has 3 aliphatic rings. The normalized spacial score (nSPS) is 48.6. The van der Waals surface area contributed by atoms with Crippen LogP contribution in [0, 0.1) is 29.1 Å². The lowest BCUT2D eigenvalue weighted by Gasteiger charge is -2.49. The van der Waals surface area contributed by atoms with Gasteiger partial charge in [-0.3, -0.25) is 9.59 Å². The number of hydrogen-bond donors (Lipinski definition) is 5. The van der Waals surface area contributed by atoms with Gasteiger partial charge in [-0.25, -0.2) is 0 Å². The largest absolute Gasteiger partial charge is 0.459 e. The summed E-state index contributed by atoms with van der Waals surface area (Å²) in [5, 5.41) is 57.5. The molecule has 13 heteroatoms. The van der Waals surface area contributed by atoms with E-state index >= 15 is 0 Å². The van der Waals surface area contributed by atoms with Crippen molar-refractivity contribution in [2.24, 2.45) is 29.1 Å². The Morgan fingerprint density at radius 3 is 2.00 bits per heavy atom. The average molecular weight is 718 g/mol. The first-order valence-electron chi connectivity index (χ1n) is 18.4. The van der Waals surface area contributed by atoms with Gasteiger partial charge in [0.05, 0.1) is 48.1 Å². The van der Waals surface area contributed by atoms with E-state index in [1.54, 1.807) is 34.6 Å². The Hall–Kier alpha value is -1.26. The van der Waals surface area contributed by atoms with E-state index in [0.717, 1.165) is 0 Å². The van der Waals surface area contributed by atoms with E-state index in [1.807, 2.05) is 39.8 Å². The van der Waals surface area contributed by atoms with E-state index in [-0.39, 0.29) is 25.0 Å². The van der Waals surface area contributed by atoms with Gasteiger partial charge < -0.3 is 54.1 Å². The van der Waals surface area contributed by atoms with Crippen LogP contribution in [0.25, 0.3) is 0 Å². The molecule has 0 aliphatic carbocycles. The number of rotatable bonds is 6. The number of nitrogens with zero attached hydrogens (tertiary/aromatic N) is 1. The fourth-order valence-electron chi connectivity index (χ4n) is 8.44. The van der Waals surface area contributed by atoms with Crippen LogP contribution in [0.4, 0.5) is 0 Å². The smallest absolute Gasteiger partial charge is 0.311 e. The van der Waals surface area contributed by atoms with Gasteiger partial charge in [-0.2, -0.15) is 0 Å². The van der Waals surface area contributed by atoms with E-state index in [0.29, 0.717) is 12.8 Å². The van der Waals surface area contributed by atoms with Crippen molar-refractivity contribution in [2.45, 2.75) is 181 Å². The molecule has 13 nitrogen and oxygen atoms in total. The predicted octanol–water partition coefficient (Wildman–Crippen LogP) is 2.41. The van der Waals surface area contributed by atoms with Gasteiger partial charge in [0.15, 0.2) is 12.6 Å². The average Bonchev–Trinajstić information content (AvgIpc) is 3.01. The second-order valence-corrected chi connectivity index (χ2v) is 16.9. The van der Waals surface area contributed by atoms with Gasteiger partial charge in [-0.1, -0.05) is 41.5 Å². The number of hydrogen-bond acceptors (Lipinski definition) is 13. The zero-order valence-electron chi connectivity index (χ0n) is 32.5. The molecule has 5 N–H and O–H groups in total. The maximum absolute atomic E-state index is 14.0. The summed E-state index contributed by atoms with van der Waals surface area (Å²) < 4.78 is 31.4. The van der Waals surface area contributed by atoms with Gasteiger partial charge in [0.1, 0.15) is 23.6 Å². The van der Waals surface area contributed by atoms with Crippen LogP contribution in [-0.2, 0) is 33.3 Å². The highest BCUT2D eigenvalue weighted by Gasteiger charge is 2.53. The molecule has 0 unspecified atom stereocenters. The molecule has 17 atom stereocenters. The molecule has 0 amide bonds. The number of ether oxygens (including phenoxy) is 5. The topological polar surface area (TPSA) is 185 Å². The highest BCUT2D eigenvalue weighted by Crippen LogP contribution is 2.41. The molecular weight excluding hydrogens is 650 g/mol. The van der Waals surface area contributed by atoms with Gasteiger partial charge in [0.2, 0.25) is 0 Å². The van der Waals surface area contributed by atoms with E-state index in [2.05, 4.69) is 0 Å². The van der Waals surface area contributed by atoms with E-state index in [1.165, 1.54) is 20.8 Å². The van der Waals surface area contributed by atoms with Crippen molar-refractivity contribution in [2.75, 3.05) is 14.1 Å². The maximum atomic E-state index is 14.0. The number of likely N-dealkylation sites (N-methyl/N-ethyl adjacent to an activating group) is 1. The summed E-state index contributed by atoms with van der Waals surface area (Å²) >= 11 is 0. The Balaban J connectivity index is 2.17. The van der Waals surface area contributed by atoms with Crippen molar-refractivity contribution < 1.29 is 58.8 Å². The minimum atomic E-state index is -1.98. The van der Waals surface area contributed by atoms with Crippen LogP contribution in [0.15, 0.2) is 0 Å². The van der Waals surface area contributed by atoms with Crippen LogP contribution in [0.5, 0.6) is 0 Å². The molecule has 50 heavy (non-hydrogen) atoms. The number of esters is 1. The van der Waals surface area contributed by atoms with E-state index in [9.17, 15) is 35.1 Å². The Morgan fingerprint density at radius 1 is 0.860 bits per heavy atom. The van der Waals surface area contributed by atoms with Crippen LogP contribution in [-0.4, -0.2) is 135 Å². The molecule has 0 radical (unpaired) electrons. The van der Waals surface area contributed by atoms with Crippen molar-refractivity contribution in [3.8, 4) is 0 Å². The quantitative estimate of drug-likeness (QED) is 0.253. The Bertz CT molecular complexity index is 1150. The summed E-state index contributed by atoms with van der Waals surface area (Å²) in [7, 11) is 3.71. The predicted molar refractivity (Wildman–Crippen MR) is 185 cm³/mol. The number of aliphatic hydroxyl groups excluding tert-OH is 3. The molecule has 3 rings (SSSR count). The highest BCUT2D eigenvalue weighted by atomic mass is 16.7. The van der Waals surface area contributed by atoms with Gasteiger partial charge in [0.25, 0.3) is 0 Å². The first kappa shape index (κ1) is 43.1. The number of Topliss-reactive ketones (excluding diaryl/α,β-unsaturated/α-hetero) is 1. The lowest BCUT2D eigenvalue weighted by Crippen LogP contribution is -2.60. The molecule has 3 aliphatic heterocycles. The zero-order chi connectivity index (χ0) is 38.3. The monoisotopic (exact) mass is 717 g/mol. The van der Waals surface area contributed by atoms with Crippen LogP contribution < -0.4 is 0 Å². The SMILES string of the molecule is CC[C@H]1OC(=O)[C@H](C)[C@@H](O[C@H]2CC(C)(C)[C@@H](O)[C@H](C)O2)[C@H](C)[C@@H](O[C@@H]2O[C@H](C)C[C@H](N(C)C)[C@H]2O)[C@](C)(O)C[C@@H](C)C(=O)[C@H](C)[C@@H](O)[C@]1(C)O. The fraction of sp³-hybridized carbons (Fsp3) is 0.946. The van der Waals surface area contributed by atoms with Gasteiger partial charge >= 0.3 is 5.97 Å². The second kappa shape index (κ2) is 16.4. The Labute approximate surface area is 298 Å². The molecule has 0 bridgehead atoms. The molecule has 0 aromatic rings. The van der Waals surface area contributed by atoms with Gasteiger partial charge in [-0.15, -0.1) is 0 Å². The van der Waals surface area contributed by atoms with Gasteiger partial charge in [0, 0.05) is 30.2 Å². The van der Waals surface area contributed by atoms with Crippen LogP contribution >= 0.6 is 0 Å². The summed E-state index contributed by atoms with van der Waals surface area (Å²) in [4.78, 5) is 29.7. The van der Waals surface area contributed by atoms with Crippen molar-refractivity contribution in [1.29, 1.82) is 0 Å². The van der Waals surface area contributed by atoms with Gasteiger partial charge in [-0.05, 0) is 73.4 Å². The summed E-state index contributed by atoms with van der Waals surface area (Å²) in [6.45, 7) is 18.6. The molecule has 3 fully saturated rings. The number of cyclic esters (lactones) is 1. The standard InChI is InChI=1S/C37H67NO12/c1-14-25-37(11,45)30(41)20(4)27(39)18(2)16-36(10,44)32(50-34-28(40)24(38(12)13)15-19(3)46-34)21(5)29(22(6)33(43)48-25)49-26-17-35(8,9)31(42)23(7)47-26/h18-26,28-32,34,40-42,44-45H,14-17H2,1-13H3/t18-,19-,20+,21+,22-,23+,24+,25-,26+,28-,29+,30-,31+,32-,34+,36-,37-/m1/s1. The first-order chi connectivity index (χ1) is 22.9. The van der Waals surface area contributed by atoms with E-state index < -0.39 is 107 Å². The van der Waals surface area contributed by atoms with Crippen molar-refractivity contribution in [3.05, 3.63) is 0 Å². The zero-order valence-corrected chi connectivity index (χ0v) is 32.5. The Morgan fingerprint density at radius 2 is 1.46 bits per heavy atom. The maximum Gasteiger partial charge on any atom is 0.311 e. The number of carbonyl (C=O) groups excluding carboxylic acids is 2. The van der Waals surface area contributed by atoms with Crippen molar-refractivity contribution in [3.63, 3.8) is 0 Å².